The van der Waals surface area contributed by atoms with Crippen LogP contribution in [-0.2, 0) is 0 Å². The van der Waals surface area contributed by atoms with Crippen LogP contribution >= 0.6 is 0 Å². The summed E-state index contributed by atoms with van der Waals surface area (Å²) in [5.41, 5.74) is 6.60. The molecule has 2 aromatic rings. The summed E-state index contributed by atoms with van der Waals surface area (Å²) in [7, 11) is 0. The average molecular weight is 261 g/mol. The number of aromatic nitrogens is 3. The molecule has 0 aromatic carbocycles. The zero-order valence-corrected chi connectivity index (χ0v) is 11.6. The van der Waals surface area contributed by atoms with E-state index in [1.54, 1.807) is 12.4 Å². The number of hydrogen-bond acceptors (Lipinski definition) is 4. The van der Waals surface area contributed by atoms with Crippen LogP contribution in [-0.4, -0.2) is 20.9 Å². The van der Waals surface area contributed by atoms with Crippen LogP contribution in [0.3, 0.4) is 0 Å². The van der Waals surface area contributed by atoms with Crippen molar-refractivity contribution in [3.05, 3.63) is 18.6 Å². The molecule has 0 radical (unpaired) electrons. The van der Waals surface area contributed by atoms with E-state index < -0.39 is 0 Å². The molecule has 2 aromatic heterocycles. The summed E-state index contributed by atoms with van der Waals surface area (Å²) in [6, 6.07) is 0. The molecule has 0 aliphatic rings. The molecule has 2 heterocycles. The lowest BCUT2D eigenvalue weighted by Gasteiger charge is -2.07. The van der Waals surface area contributed by atoms with Crippen LogP contribution in [0.4, 0.5) is 11.6 Å². The highest BCUT2D eigenvalue weighted by Crippen LogP contribution is 2.14. The summed E-state index contributed by atoms with van der Waals surface area (Å²) < 4.78 is 1.89. The fraction of sp³-hybridized carbons (Fsp3) is 0.571. The molecule has 0 spiro atoms. The second-order valence-electron chi connectivity index (χ2n) is 4.87. The Labute approximate surface area is 114 Å². The molecule has 0 unspecified atom stereocenters. The van der Waals surface area contributed by atoms with Crippen molar-refractivity contribution in [2.75, 3.05) is 17.6 Å². The van der Waals surface area contributed by atoms with E-state index in [4.69, 9.17) is 5.73 Å². The zero-order chi connectivity index (χ0) is 13.5. The van der Waals surface area contributed by atoms with Crippen molar-refractivity contribution in [2.24, 2.45) is 0 Å². The van der Waals surface area contributed by atoms with Crippen molar-refractivity contribution in [2.45, 2.75) is 45.4 Å². The number of anilines is 2. The standard InChI is InChI=1S/C14H23N5/c1-2-3-4-5-6-7-8-16-13-14-17-9-10-19(14)11-12(15)18-13/h9-11H,2-8,15H2,1H3,(H,16,18). The zero-order valence-electron chi connectivity index (χ0n) is 11.6. The number of rotatable bonds is 8. The van der Waals surface area contributed by atoms with Crippen molar-refractivity contribution >= 4 is 17.3 Å². The Hall–Kier alpha value is -1.78. The van der Waals surface area contributed by atoms with E-state index in [9.17, 15) is 0 Å². The van der Waals surface area contributed by atoms with Gasteiger partial charge in [0.15, 0.2) is 11.5 Å². The highest BCUT2D eigenvalue weighted by molar-refractivity contribution is 5.64. The lowest BCUT2D eigenvalue weighted by Crippen LogP contribution is -2.07. The Morgan fingerprint density at radius 3 is 2.84 bits per heavy atom. The third kappa shape index (κ3) is 3.84. The molecule has 5 nitrogen and oxygen atoms in total. The highest BCUT2D eigenvalue weighted by Gasteiger charge is 2.04. The maximum Gasteiger partial charge on any atom is 0.180 e. The fourth-order valence-electron chi connectivity index (χ4n) is 2.18. The molecule has 0 fully saturated rings. The molecule has 0 saturated carbocycles. The number of unbranched alkanes of at least 4 members (excludes halogenated alkanes) is 5. The van der Waals surface area contributed by atoms with Gasteiger partial charge in [0.2, 0.25) is 0 Å². The molecule has 0 saturated heterocycles. The quantitative estimate of drug-likeness (QED) is 0.716. The normalized spacial score (nSPS) is 11.0. The smallest absolute Gasteiger partial charge is 0.180 e. The van der Waals surface area contributed by atoms with Gasteiger partial charge in [-0.15, -0.1) is 0 Å². The largest absolute Gasteiger partial charge is 0.382 e. The number of fused-ring (bicyclic) bond motifs is 1. The minimum Gasteiger partial charge on any atom is -0.382 e. The van der Waals surface area contributed by atoms with Gasteiger partial charge in [-0.2, -0.15) is 0 Å². The molecule has 0 aliphatic carbocycles. The van der Waals surface area contributed by atoms with E-state index in [0.29, 0.717) is 5.82 Å². The van der Waals surface area contributed by atoms with Gasteiger partial charge in [0, 0.05) is 18.9 Å². The molecule has 0 atom stereocenters. The van der Waals surface area contributed by atoms with E-state index in [1.165, 1.54) is 32.1 Å². The van der Waals surface area contributed by atoms with Gasteiger partial charge in [-0.1, -0.05) is 39.0 Å². The molecule has 0 bridgehead atoms. The Kier molecular flexibility index (Phi) is 5.01. The van der Waals surface area contributed by atoms with Crippen LogP contribution in [0, 0.1) is 0 Å². The van der Waals surface area contributed by atoms with Crippen LogP contribution in [0.15, 0.2) is 18.6 Å². The monoisotopic (exact) mass is 261 g/mol. The second kappa shape index (κ2) is 6.97. The average Bonchev–Trinajstić information content (AvgIpc) is 2.85. The third-order valence-corrected chi connectivity index (χ3v) is 3.22. The van der Waals surface area contributed by atoms with E-state index in [1.807, 2.05) is 10.6 Å². The van der Waals surface area contributed by atoms with Gasteiger partial charge in [-0.25, -0.2) is 9.97 Å². The summed E-state index contributed by atoms with van der Waals surface area (Å²) in [6.07, 6.45) is 13.1. The first-order chi connectivity index (χ1) is 9.31. The lowest BCUT2D eigenvalue weighted by atomic mass is 10.1. The Balaban J connectivity index is 1.79. The van der Waals surface area contributed by atoms with Crippen molar-refractivity contribution in [3.63, 3.8) is 0 Å². The van der Waals surface area contributed by atoms with E-state index in [0.717, 1.165) is 24.4 Å². The van der Waals surface area contributed by atoms with Crippen LogP contribution < -0.4 is 11.1 Å². The summed E-state index contributed by atoms with van der Waals surface area (Å²) in [4.78, 5) is 8.59. The number of nitrogen functional groups attached to an aromatic ring is 1. The highest BCUT2D eigenvalue weighted by atomic mass is 15.1. The topological polar surface area (TPSA) is 68.2 Å². The summed E-state index contributed by atoms with van der Waals surface area (Å²) in [6.45, 7) is 3.16. The van der Waals surface area contributed by atoms with Crippen LogP contribution in [0.5, 0.6) is 0 Å². The number of imidazole rings is 1. The molecular formula is C14H23N5. The predicted molar refractivity (Wildman–Crippen MR) is 79.3 cm³/mol. The Morgan fingerprint density at radius 2 is 2.00 bits per heavy atom. The lowest BCUT2D eigenvalue weighted by molar-refractivity contribution is 0.617. The van der Waals surface area contributed by atoms with Crippen LogP contribution in [0.2, 0.25) is 0 Å². The van der Waals surface area contributed by atoms with Gasteiger partial charge in [-0.3, -0.25) is 0 Å². The minimum absolute atomic E-state index is 0.510. The molecule has 0 amide bonds. The van der Waals surface area contributed by atoms with Gasteiger partial charge in [0.25, 0.3) is 0 Å². The number of nitrogens with two attached hydrogens (primary N) is 1. The van der Waals surface area contributed by atoms with Gasteiger partial charge in [0.05, 0.1) is 6.20 Å². The van der Waals surface area contributed by atoms with Crippen LogP contribution in [0.1, 0.15) is 45.4 Å². The van der Waals surface area contributed by atoms with E-state index in [2.05, 4.69) is 22.2 Å². The fourth-order valence-corrected chi connectivity index (χ4v) is 2.18. The first kappa shape index (κ1) is 13.6. The van der Waals surface area contributed by atoms with Crippen molar-refractivity contribution in [1.29, 1.82) is 0 Å². The minimum atomic E-state index is 0.510. The predicted octanol–water partition coefficient (Wildman–Crippen LogP) is 3.08. The molecular weight excluding hydrogens is 238 g/mol. The molecule has 19 heavy (non-hydrogen) atoms. The van der Waals surface area contributed by atoms with Crippen molar-refractivity contribution in [1.82, 2.24) is 14.4 Å². The molecule has 104 valence electrons. The van der Waals surface area contributed by atoms with E-state index in [-0.39, 0.29) is 0 Å². The van der Waals surface area contributed by atoms with Crippen LogP contribution in [0.25, 0.3) is 5.65 Å². The second-order valence-corrected chi connectivity index (χ2v) is 4.87. The summed E-state index contributed by atoms with van der Waals surface area (Å²) in [5.74, 6) is 1.29. The van der Waals surface area contributed by atoms with Gasteiger partial charge < -0.3 is 15.5 Å². The van der Waals surface area contributed by atoms with Crippen molar-refractivity contribution in [3.8, 4) is 0 Å². The number of nitrogens with one attached hydrogen (secondary N) is 1. The van der Waals surface area contributed by atoms with Gasteiger partial charge >= 0.3 is 0 Å². The van der Waals surface area contributed by atoms with Gasteiger partial charge in [0.1, 0.15) is 5.82 Å². The first-order valence-electron chi connectivity index (χ1n) is 7.14. The maximum atomic E-state index is 5.77. The van der Waals surface area contributed by atoms with Crippen molar-refractivity contribution < 1.29 is 0 Å². The summed E-state index contributed by atoms with van der Waals surface area (Å²) in [5, 5.41) is 3.33. The van der Waals surface area contributed by atoms with E-state index >= 15 is 0 Å². The third-order valence-electron chi connectivity index (χ3n) is 3.22. The number of nitrogens with zero attached hydrogens (tertiary/aromatic N) is 3. The SMILES string of the molecule is CCCCCCCCNc1nc(N)cn2ccnc12. The van der Waals surface area contributed by atoms with Gasteiger partial charge in [-0.05, 0) is 6.42 Å². The number of hydrogen-bond donors (Lipinski definition) is 2. The molecule has 3 N–H and O–H groups in total. The Bertz CT molecular complexity index is 506. The summed E-state index contributed by atoms with van der Waals surface area (Å²) >= 11 is 0. The Morgan fingerprint density at radius 1 is 1.21 bits per heavy atom. The molecule has 5 heteroatoms. The molecule has 2 rings (SSSR count). The first-order valence-corrected chi connectivity index (χ1v) is 7.14. The maximum absolute atomic E-state index is 5.77. The molecule has 0 aliphatic heterocycles.